The highest BCUT2D eigenvalue weighted by Gasteiger charge is 2.08. The number of rotatable bonds is 6. The highest BCUT2D eigenvalue weighted by Crippen LogP contribution is 2.16. The zero-order valence-electron chi connectivity index (χ0n) is 13.7. The molecule has 2 aromatic carbocycles. The van der Waals surface area contributed by atoms with Crippen molar-refractivity contribution in [2.75, 3.05) is 11.9 Å². The third kappa shape index (κ3) is 4.77. The Labute approximate surface area is 155 Å². The first-order valence-electron chi connectivity index (χ1n) is 7.98. The lowest BCUT2D eigenvalue weighted by atomic mass is 10.1. The van der Waals surface area contributed by atoms with Gasteiger partial charge in [0.2, 0.25) is 5.95 Å². The van der Waals surface area contributed by atoms with Crippen LogP contribution >= 0.6 is 11.6 Å². The summed E-state index contributed by atoms with van der Waals surface area (Å²) in [4.78, 5) is 20.4. The number of carbonyl (C=O) groups is 1. The van der Waals surface area contributed by atoms with Gasteiger partial charge in [0, 0.05) is 29.6 Å². The summed E-state index contributed by atoms with van der Waals surface area (Å²) in [5, 5.41) is 6.38. The molecule has 0 saturated heterocycles. The lowest BCUT2D eigenvalue weighted by Crippen LogP contribution is -2.26. The summed E-state index contributed by atoms with van der Waals surface area (Å²) in [5.74, 6) is -0.211. The molecule has 3 aromatic rings. The summed E-state index contributed by atoms with van der Waals surface area (Å²) in [6.07, 6.45) is 3.28. The normalized spacial score (nSPS) is 10.4. The van der Waals surface area contributed by atoms with Crippen molar-refractivity contribution < 1.29 is 9.18 Å². The average molecular weight is 371 g/mol. The minimum Gasteiger partial charge on any atom is -0.352 e. The summed E-state index contributed by atoms with van der Waals surface area (Å²) < 4.78 is 13.5. The van der Waals surface area contributed by atoms with Gasteiger partial charge in [-0.1, -0.05) is 29.8 Å². The van der Waals surface area contributed by atoms with Gasteiger partial charge < -0.3 is 10.6 Å². The molecular formula is C19H16ClFN4O. The molecule has 0 unspecified atom stereocenters. The third-order valence-corrected chi connectivity index (χ3v) is 3.90. The molecule has 0 radical (unpaired) electrons. The van der Waals surface area contributed by atoms with Crippen LogP contribution in [0.3, 0.4) is 0 Å². The second-order valence-corrected chi connectivity index (χ2v) is 5.96. The molecule has 5 nitrogen and oxygen atoms in total. The van der Waals surface area contributed by atoms with Gasteiger partial charge in [-0.15, -0.1) is 0 Å². The van der Waals surface area contributed by atoms with Crippen LogP contribution in [0.2, 0.25) is 5.02 Å². The van der Waals surface area contributed by atoms with Gasteiger partial charge in [0.25, 0.3) is 5.91 Å². The van der Waals surface area contributed by atoms with Gasteiger partial charge in [0.1, 0.15) is 5.82 Å². The molecule has 0 fully saturated rings. The summed E-state index contributed by atoms with van der Waals surface area (Å²) in [7, 11) is 0. The van der Waals surface area contributed by atoms with Crippen LogP contribution in [0.15, 0.2) is 60.9 Å². The molecule has 1 aromatic heterocycles. The molecular weight excluding hydrogens is 355 g/mol. The summed E-state index contributed by atoms with van der Waals surface area (Å²) in [6, 6.07) is 13.6. The molecule has 3 rings (SSSR count). The van der Waals surface area contributed by atoms with Crippen LogP contribution < -0.4 is 10.6 Å². The summed E-state index contributed by atoms with van der Waals surface area (Å²) in [6.45, 7) is 0.324. The zero-order valence-corrected chi connectivity index (χ0v) is 14.5. The van der Waals surface area contributed by atoms with Gasteiger partial charge in [-0.3, -0.25) is 4.79 Å². The summed E-state index contributed by atoms with van der Waals surface area (Å²) >= 11 is 5.84. The monoisotopic (exact) mass is 370 g/mol. The second-order valence-electron chi connectivity index (χ2n) is 5.52. The van der Waals surface area contributed by atoms with E-state index < -0.39 is 0 Å². The van der Waals surface area contributed by atoms with Gasteiger partial charge in [0.15, 0.2) is 0 Å². The maximum atomic E-state index is 13.5. The molecule has 0 aliphatic heterocycles. The van der Waals surface area contributed by atoms with Crippen LogP contribution in [0.25, 0.3) is 0 Å². The Morgan fingerprint density at radius 1 is 1.04 bits per heavy atom. The van der Waals surface area contributed by atoms with E-state index in [1.807, 2.05) is 0 Å². The molecule has 132 valence electrons. The molecule has 0 aliphatic rings. The number of nitrogens with zero attached hydrogens (tertiary/aromatic N) is 2. The topological polar surface area (TPSA) is 66.9 Å². The van der Waals surface area contributed by atoms with Crippen molar-refractivity contribution in [1.29, 1.82) is 0 Å². The molecule has 7 heteroatoms. The molecule has 0 atom stereocenters. The fourth-order valence-electron chi connectivity index (χ4n) is 2.29. The number of benzene rings is 2. The highest BCUT2D eigenvalue weighted by molar-refractivity contribution is 6.30. The van der Waals surface area contributed by atoms with E-state index in [1.54, 1.807) is 42.5 Å². The van der Waals surface area contributed by atoms with Gasteiger partial charge in [-0.2, -0.15) is 0 Å². The SMILES string of the molecule is O=C(NCCc1ccccc1F)c1cnc(Nc2ccc(Cl)cc2)nc1. The Balaban J connectivity index is 1.53. The first kappa shape index (κ1) is 17.8. The van der Waals surface area contributed by atoms with E-state index in [0.717, 1.165) is 5.69 Å². The van der Waals surface area contributed by atoms with E-state index >= 15 is 0 Å². The molecule has 0 aliphatic carbocycles. The van der Waals surface area contributed by atoms with Crippen LogP contribution in [0.4, 0.5) is 16.0 Å². The fourth-order valence-corrected chi connectivity index (χ4v) is 2.41. The third-order valence-electron chi connectivity index (χ3n) is 3.65. The Kier molecular flexibility index (Phi) is 5.76. The van der Waals surface area contributed by atoms with E-state index in [4.69, 9.17) is 11.6 Å². The van der Waals surface area contributed by atoms with Crippen molar-refractivity contribution in [3.63, 3.8) is 0 Å². The minimum absolute atomic E-state index is 0.275. The van der Waals surface area contributed by atoms with Crippen molar-refractivity contribution in [3.8, 4) is 0 Å². The molecule has 0 spiro atoms. The maximum Gasteiger partial charge on any atom is 0.254 e. The number of carbonyl (C=O) groups excluding carboxylic acids is 1. The molecule has 1 amide bonds. The largest absolute Gasteiger partial charge is 0.352 e. The van der Waals surface area contributed by atoms with E-state index in [-0.39, 0.29) is 11.7 Å². The van der Waals surface area contributed by atoms with Crippen LogP contribution in [0.1, 0.15) is 15.9 Å². The molecule has 1 heterocycles. The Morgan fingerprint density at radius 3 is 2.42 bits per heavy atom. The van der Waals surface area contributed by atoms with Crippen LogP contribution in [-0.2, 0) is 6.42 Å². The average Bonchev–Trinajstić information content (AvgIpc) is 2.66. The lowest BCUT2D eigenvalue weighted by molar-refractivity contribution is 0.0953. The van der Waals surface area contributed by atoms with Crippen molar-refractivity contribution in [2.24, 2.45) is 0 Å². The second kappa shape index (κ2) is 8.40. The molecule has 2 N–H and O–H groups in total. The highest BCUT2D eigenvalue weighted by atomic mass is 35.5. The van der Waals surface area contributed by atoms with Crippen LogP contribution in [0.5, 0.6) is 0 Å². The van der Waals surface area contributed by atoms with E-state index in [2.05, 4.69) is 20.6 Å². The number of nitrogens with one attached hydrogen (secondary N) is 2. The first-order valence-corrected chi connectivity index (χ1v) is 8.36. The molecule has 0 saturated carbocycles. The van der Waals surface area contributed by atoms with Gasteiger partial charge in [-0.25, -0.2) is 14.4 Å². The quantitative estimate of drug-likeness (QED) is 0.688. The van der Waals surface area contributed by atoms with Crippen LogP contribution in [0, 0.1) is 5.82 Å². The number of aromatic nitrogens is 2. The van der Waals surface area contributed by atoms with E-state index in [0.29, 0.717) is 35.1 Å². The van der Waals surface area contributed by atoms with Crippen molar-refractivity contribution >= 4 is 29.1 Å². The molecule has 26 heavy (non-hydrogen) atoms. The van der Waals surface area contributed by atoms with Crippen molar-refractivity contribution in [3.05, 3.63) is 82.9 Å². The lowest BCUT2D eigenvalue weighted by Gasteiger charge is -2.07. The smallest absolute Gasteiger partial charge is 0.254 e. The number of halogens is 2. The summed E-state index contributed by atoms with van der Waals surface area (Å²) in [5.41, 5.74) is 1.68. The number of anilines is 2. The van der Waals surface area contributed by atoms with Gasteiger partial charge in [-0.05, 0) is 42.3 Å². The van der Waals surface area contributed by atoms with Crippen molar-refractivity contribution in [1.82, 2.24) is 15.3 Å². The Bertz CT molecular complexity index is 885. The Hall–Kier alpha value is -2.99. The number of hydrogen-bond acceptors (Lipinski definition) is 4. The van der Waals surface area contributed by atoms with E-state index in [9.17, 15) is 9.18 Å². The number of hydrogen-bond donors (Lipinski definition) is 2. The predicted molar refractivity (Wildman–Crippen MR) is 99.2 cm³/mol. The van der Waals surface area contributed by atoms with Gasteiger partial charge in [0.05, 0.1) is 5.56 Å². The van der Waals surface area contributed by atoms with E-state index in [1.165, 1.54) is 18.5 Å². The van der Waals surface area contributed by atoms with Gasteiger partial charge >= 0.3 is 0 Å². The fraction of sp³-hybridized carbons (Fsp3) is 0.105. The zero-order chi connectivity index (χ0) is 18.4. The molecule has 0 bridgehead atoms. The standard InChI is InChI=1S/C19H16ClFN4O/c20-15-5-7-16(8-6-15)25-19-23-11-14(12-24-19)18(26)22-10-9-13-3-1-2-4-17(13)21/h1-8,11-12H,9-10H2,(H,22,26)(H,23,24,25). The first-order chi connectivity index (χ1) is 12.6. The van der Waals surface area contributed by atoms with Crippen LogP contribution in [-0.4, -0.2) is 22.4 Å². The maximum absolute atomic E-state index is 13.5. The number of amides is 1. The van der Waals surface area contributed by atoms with Crippen molar-refractivity contribution in [2.45, 2.75) is 6.42 Å². The minimum atomic E-state index is -0.306. The predicted octanol–water partition coefficient (Wildman–Crippen LogP) is 3.99. The Morgan fingerprint density at radius 2 is 1.73 bits per heavy atom.